The molecular formula is C42H88N2O4. The quantitative estimate of drug-likeness (QED) is 0.0507. The van der Waals surface area contributed by atoms with Gasteiger partial charge in [0.2, 0.25) is 11.8 Å². The van der Waals surface area contributed by atoms with E-state index >= 15 is 0 Å². The topological polar surface area (TPSA) is 98.7 Å². The predicted molar refractivity (Wildman–Crippen MR) is 211 cm³/mol. The number of rotatable bonds is 34. The molecule has 0 heterocycles. The van der Waals surface area contributed by atoms with Crippen LogP contribution in [0.1, 0.15) is 234 Å². The first kappa shape index (κ1) is 51.2. The highest BCUT2D eigenvalue weighted by Gasteiger charge is 2.04. The van der Waals surface area contributed by atoms with Crippen LogP contribution in [0.4, 0.5) is 0 Å². The summed E-state index contributed by atoms with van der Waals surface area (Å²) in [5.74, 6) is 0.367. The lowest BCUT2D eigenvalue weighted by Gasteiger charge is -2.10. The number of hydrogen-bond acceptors (Lipinski definition) is 4. The Balaban J connectivity index is -0.000000804. The summed E-state index contributed by atoms with van der Waals surface area (Å²) >= 11 is 0. The average Bonchev–Trinajstić information content (AvgIpc) is 3.08. The van der Waals surface area contributed by atoms with Gasteiger partial charge >= 0.3 is 0 Å². The monoisotopic (exact) mass is 685 g/mol. The minimum Gasteiger partial charge on any atom is -0.396 e. The molecule has 6 heteroatoms. The lowest BCUT2D eigenvalue weighted by atomic mass is 10.0. The highest BCUT2D eigenvalue weighted by molar-refractivity contribution is 5.76. The van der Waals surface area contributed by atoms with Gasteiger partial charge in [0.15, 0.2) is 0 Å². The van der Waals surface area contributed by atoms with E-state index in [2.05, 4.69) is 17.6 Å². The molecule has 0 bridgehead atoms. The first-order valence-electron chi connectivity index (χ1n) is 21.2. The van der Waals surface area contributed by atoms with Gasteiger partial charge in [-0.2, -0.15) is 0 Å². The molecule has 0 saturated heterocycles. The second-order valence-corrected chi connectivity index (χ2v) is 14.0. The van der Waals surface area contributed by atoms with Crippen molar-refractivity contribution in [2.24, 2.45) is 0 Å². The number of carbonyl (C=O) groups is 2. The van der Waals surface area contributed by atoms with Crippen molar-refractivity contribution >= 4 is 11.8 Å². The van der Waals surface area contributed by atoms with Gasteiger partial charge in [0.25, 0.3) is 0 Å². The fourth-order valence-corrected chi connectivity index (χ4v) is 5.89. The molecule has 0 aliphatic carbocycles. The van der Waals surface area contributed by atoms with Crippen LogP contribution in [0.3, 0.4) is 0 Å². The maximum Gasteiger partial charge on any atom is 0.220 e. The van der Waals surface area contributed by atoms with Crippen LogP contribution in [-0.4, -0.2) is 47.8 Å². The van der Waals surface area contributed by atoms with E-state index < -0.39 is 0 Å². The van der Waals surface area contributed by atoms with Crippen LogP contribution >= 0.6 is 0 Å². The highest BCUT2D eigenvalue weighted by atomic mass is 16.3. The van der Waals surface area contributed by atoms with E-state index in [1.165, 1.54) is 154 Å². The Morgan fingerprint density at radius 1 is 0.500 bits per heavy atom. The van der Waals surface area contributed by atoms with Crippen LogP contribution in [0, 0.1) is 0 Å². The van der Waals surface area contributed by atoms with Gasteiger partial charge in [-0.05, 0) is 46.0 Å². The summed E-state index contributed by atoms with van der Waals surface area (Å²) in [4.78, 5) is 22.5. The van der Waals surface area contributed by atoms with Crippen LogP contribution in [0.5, 0.6) is 0 Å². The zero-order valence-corrected chi connectivity index (χ0v) is 33.5. The molecule has 0 saturated carbocycles. The summed E-state index contributed by atoms with van der Waals surface area (Å²) < 4.78 is 0. The zero-order valence-electron chi connectivity index (χ0n) is 33.5. The predicted octanol–water partition coefficient (Wildman–Crippen LogP) is 11.7. The molecule has 0 radical (unpaired) electrons. The van der Waals surface area contributed by atoms with Crippen molar-refractivity contribution in [2.75, 3.05) is 13.7 Å². The van der Waals surface area contributed by atoms with E-state index in [0.29, 0.717) is 19.4 Å². The maximum atomic E-state index is 11.5. The van der Waals surface area contributed by atoms with Crippen LogP contribution in [0.15, 0.2) is 0 Å². The van der Waals surface area contributed by atoms with Crippen molar-refractivity contribution in [2.45, 2.75) is 246 Å². The molecule has 0 aromatic rings. The van der Waals surface area contributed by atoms with Crippen LogP contribution < -0.4 is 10.6 Å². The zero-order chi connectivity index (χ0) is 36.4. The molecule has 290 valence electrons. The Bertz CT molecular complexity index is 614. The molecule has 0 rings (SSSR count). The number of aliphatic hydroxyl groups excluding tert-OH is 2. The fraction of sp³-hybridized carbons (Fsp3) is 0.952. The molecule has 4 N–H and O–H groups in total. The van der Waals surface area contributed by atoms with Gasteiger partial charge in [0.05, 0.1) is 6.10 Å². The normalized spacial score (nSPS) is 11.4. The highest BCUT2D eigenvalue weighted by Crippen LogP contribution is 2.15. The summed E-state index contributed by atoms with van der Waals surface area (Å²) in [6.07, 6.45) is 37.4. The van der Waals surface area contributed by atoms with E-state index in [1.54, 1.807) is 7.05 Å². The molecule has 1 atom stereocenters. The molecule has 0 aromatic carbocycles. The molecule has 0 fully saturated rings. The second-order valence-electron chi connectivity index (χ2n) is 14.0. The molecule has 0 aliphatic rings. The molecule has 0 aliphatic heterocycles. The van der Waals surface area contributed by atoms with E-state index in [9.17, 15) is 14.7 Å². The molecule has 0 spiro atoms. The van der Waals surface area contributed by atoms with Crippen LogP contribution in [0.2, 0.25) is 0 Å². The Morgan fingerprint density at radius 3 is 1.15 bits per heavy atom. The molecule has 0 aromatic heterocycles. The summed E-state index contributed by atoms with van der Waals surface area (Å²) in [6, 6.07) is 0.257. The summed E-state index contributed by atoms with van der Waals surface area (Å²) in [6.45, 7) is 10.6. The van der Waals surface area contributed by atoms with Crippen molar-refractivity contribution in [3.63, 3.8) is 0 Å². The number of hydrogen-bond donors (Lipinski definition) is 4. The molecule has 1 unspecified atom stereocenters. The Morgan fingerprint density at radius 2 is 0.812 bits per heavy atom. The van der Waals surface area contributed by atoms with Crippen molar-refractivity contribution in [1.29, 1.82) is 0 Å². The number of carbonyl (C=O) groups excluding carboxylic acids is 2. The third-order valence-electron chi connectivity index (χ3n) is 8.87. The number of amides is 2. The largest absolute Gasteiger partial charge is 0.396 e. The van der Waals surface area contributed by atoms with Gasteiger partial charge in [-0.3, -0.25) is 9.59 Å². The third kappa shape index (κ3) is 49.2. The van der Waals surface area contributed by atoms with Crippen molar-refractivity contribution in [3.05, 3.63) is 0 Å². The van der Waals surface area contributed by atoms with Gasteiger partial charge in [-0.25, -0.2) is 0 Å². The summed E-state index contributed by atoms with van der Waals surface area (Å²) in [7, 11) is 1.71. The van der Waals surface area contributed by atoms with Gasteiger partial charge in [0, 0.05) is 32.5 Å². The smallest absolute Gasteiger partial charge is 0.220 e. The van der Waals surface area contributed by atoms with Crippen molar-refractivity contribution in [1.82, 2.24) is 10.6 Å². The molecule has 2 amide bonds. The number of aliphatic hydroxyl groups is 2. The minimum atomic E-state index is -0.0705. The van der Waals surface area contributed by atoms with Crippen LogP contribution in [0.25, 0.3) is 0 Å². The standard InChI is InChI=1S/C21H43NO2.C19H39NO2.C2H6/c1-4-5-6-13-16-20(23)17-14-11-9-7-8-10-12-15-18-21(24)22-19(2)3;1-20-19(22)17-15-13-11-9-7-5-3-2-4-6-8-10-12-14-16-18-21;1-2/h19-20,23H,4-18H2,1-3H3,(H,22,24);21H,2-18H2,1H3,(H,20,22);1-2H3. The van der Waals surface area contributed by atoms with Gasteiger partial charge < -0.3 is 20.8 Å². The third-order valence-corrected chi connectivity index (χ3v) is 8.87. The maximum absolute atomic E-state index is 11.5. The van der Waals surface area contributed by atoms with E-state index in [1.807, 2.05) is 27.7 Å². The van der Waals surface area contributed by atoms with Crippen molar-refractivity contribution < 1.29 is 19.8 Å². The van der Waals surface area contributed by atoms with E-state index in [4.69, 9.17) is 5.11 Å². The Kier molecular flexibility index (Phi) is 48.9. The van der Waals surface area contributed by atoms with Gasteiger partial charge in [-0.1, -0.05) is 175 Å². The molecule has 48 heavy (non-hydrogen) atoms. The average molecular weight is 685 g/mol. The lowest BCUT2D eigenvalue weighted by molar-refractivity contribution is -0.122. The second kappa shape index (κ2) is 45.9. The molecular weight excluding hydrogens is 596 g/mol. The number of unbranched alkanes of at least 4 members (excludes halogenated alkanes) is 24. The SMILES string of the molecule is CC.CCCCCCC(O)CCCCCCCCCCC(=O)NC(C)C.CNC(=O)CCCCCCCCCCCCCCCCCO. The van der Waals surface area contributed by atoms with E-state index in [0.717, 1.165) is 32.1 Å². The minimum absolute atomic E-state index is 0.0705. The van der Waals surface area contributed by atoms with Gasteiger partial charge in [-0.15, -0.1) is 0 Å². The Hall–Kier alpha value is -1.14. The first-order valence-corrected chi connectivity index (χ1v) is 21.2. The van der Waals surface area contributed by atoms with Crippen LogP contribution in [-0.2, 0) is 9.59 Å². The summed E-state index contributed by atoms with van der Waals surface area (Å²) in [5, 5.41) is 24.2. The van der Waals surface area contributed by atoms with Crippen molar-refractivity contribution in [3.8, 4) is 0 Å². The van der Waals surface area contributed by atoms with Gasteiger partial charge in [0.1, 0.15) is 0 Å². The lowest BCUT2D eigenvalue weighted by Crippen LogP contribution is -2.29. The molecule has 6 nitrogen and oxygen atoms in total. The first-order chi connectivity index (χ1) is 23.4. The summed E-state index contributed by atoms with van der Waals surface area (Å²) in [5.41, 5.74) is 0. The fourth-order valence-electron chi connectivity index (χ4n) is 5.89. The number of nitrogens with one attached hydrogen (secondary N) is 2. The van der Waals surface area contributed by atoms with E-state index in [-0.39, 0.29) is 24.0 Å². The Labute approximate surface area is 301 Å².